The van der Waals surface area contributed by atoms with Crippen molar-refractivity contribution in [3.05, 3.63) is 23.8 Å². The standard InChI is InChI=1S/C16H21NO3.C2H6/c1-19-14-7-6-11(12-9-16(18)17-10-12)8-15(14)20-13-4-2-3-5-13;1-2/h6-8,12-13H,2-5,9-10H2,1H3,(H,17,18);1-2H3. The molecule has 0 spiro atoms. The lowest BCUT2D eigenvalue weighted by atomic mass is 9.98. The maximum Gasteiger partial charge on any atom is 0.220 e. The molecule has 4 heteroatoms. The Labute approximate surface area is 133 Å². The molecular formula is C18H27NO3. The average Bonchev–Trinajstić information content (AvgIpc) is 3.21. The van der Waals surface area contributed by atoms with E-state index in [1.807, 2.05) is 32.0 Å². The van der Waals surface area contributed by atoms with Crippen molar-refractivity contribution in [1.29, 1.82) is 0 Å². The molecule has 1 saturated carbocycles. The fourth-order valence-electron chi connectivity index (χ4n) is 3.07. The highest BCUT2D eigenvalue weighted by Crippen LogP contribution is 2.35. The largest absolute Gasteiger partial charge is 0.493 e. The van der Waals surface area contributed by atoms with Crippen LogP contribution in [0.3, 0.4) is 0 Å². The topological polar surface area (TPSA) is 47.6 Å². The van der Waals surface area contributed by atoms with Crippen LogP contribution in [-0.4, -0.2) is 25.7 Å². The molecule has 2 fully saturated rings. The lowest BCUT2D eigenvalue weighted by Gasteiger charge is -2.18. The molecule has 1 aromatic rings. The third-order valence-electron chi connectivity index (χ3n) is 4.23. The second kappa shape index (κ2) is 8.06. The molecule has 1 atom stereocenters. The number of carbonyl (C=O) groups excluding carboxylic acids is 1. The van der Waals surface area contributed by atoms with E-state index in [4.69, 9.17) is 9.47 Å². The average molecular weight is 305 g/mol. The number of hydrogen-bond acceptors (Lipinski definition) is 3. The maximum absolute atomic E-state index is 11.3. The minimum Gasteiger partial charge on any atom is -0.493 e. The van der Waals surface area contributed by atoms with Crippen LogP contribution >= 0.6 is 0 Å². The van der Waals surface area contributed by atoms with Gasteiger partial charge < -0.3 is 14.8 Å². The van der Waals surface area contributed by atoms with Crippen molar-refractivity contribution in [2.24, 2.45) is 0 Å². The van der Waals surface area contributed by atoms with E-state index >= 15 is 0 Å². The minimum absolute atomic E-state index is 0.129. The van der Waals surface area contributed by atoms with E-state index in [9.17, 15) is 4.79 Å². The molecule has 2 aliphatic rings. The highest BCUT2D eigenvalue weighted by Gasteiger charge is 2.25. The van der Waals surface area contributed by atoms with Crippen LogP contribution in [0.1, 0.15) is 57.4 Å². The van der Waals surface area contributed by atoms with Gasteiger partial charge in [0, 0.05) is 18.9 Å². The molecule has 1 aliphatic heterocycles. The lowest BCUT2D eigenvalue weighted by Crippen LogP contribution is -2.14. The summed E-state index contributed by atoms with van der Waals surface area (Å²) in [7, 11) is 1.66. The molecule has 1 aliphatic carbocycles. The van der Waals surface area contributed by atoms with Gasteiger partial charge in [0.05, 0.1) is 13.2 Å². The quantitative estimate of drug-likeness (QED) is 0.923. The van der Waals surface area contributed by atoms with Crippen molar-refractivity contribution in [3.8, 4) is 11.5 Å². The Balaban J connectivity index is 0.000000847. The summed E-state index contributed by atoms with van der Waals surface area (Å²) in [5, 5.41) is 2.88. The number of hydrogen-bond donors (Lipinski definition) is 1. The zero-order chi connectivity index (χ0) is 15.9. The maximum atomic E-state index is 11.3. The number of rotatable bonds is 4. The molecule has 1 amide bonds. The smallest absolute Gasteiger partial charge is 0.220 e. The highest BCUT2D eigenvalue weighted by molar-refractivity contribution is 5.79. The zero-order valence-corrected chi connectivity index (χ0v) is 13.9. The van der Waals surface area contributed by atoms with Crippen molar-refractivity contribution in [1.82, 2.24) is 5.32 Å². The van der Waals surface area contributed by atoms with Gasteiger partial charge in [0.25, 0.3) is 0 Å². The Hall–Kier alpha value is -1.71. The third-order valence-corrected chi connectivity index (χ3v) is 4.23. The van der Waals surface area contributed by atoms with Crippen LogP contribution < -0.4 is 14.8 Å². The molecule has 3 rings (SSSR count). The van der Waals surface area contributed by atoms with Crippen LogP contribution in [0.2, 0.25) is 0 Å². The second-order valence-electron chi connectivity index (χ2n) is 5.64. The van der Waals surface area contributed by atoms with Crippen LogP contribution in [0.4, 0.5) is 0 Å². The van der Waals surface area contributed by atoms with Crippen molar-refractivity contribution in [2.45, 2.75) is 58.0 Å². The predicted molar refractivity (Wildman–Crippen MR) is 87.6 cm³/mol. The number of ether oxygens (including phenoxy) is 2. The highest BCUT2D eigenvalue weighted by atomic mass is 16.5. The first kappa shape index (κ1) is 16.7. The van der Waals surface area contributed by atoms with Gasteiger partial charge in [-0.1, -0.05) is 19.9 Å². The molecule has 22 heavy (non-hydrogen) atoms. The fourth-order valence-corrected chi connectivity index (χ4v) is 3.07. The Morgan fingerprint density at radius 2 is 1.86 bits per heavy atom. The van der Waals surface area contributed by atoms with Crippen molar-refractivity contribution < 1.29 is 14.3 Å². The first-order chi connectivity index (χ1) is 10.8. The van der Waals surface area contributed by atoms with Crippen LogP contribution in [0.15, 0.2) is 18.2 Å². The summed E-state index contributed by atoms with van der Waals surface area (Å²) in [4.78, 5) is 11.3. The van der Waals surface area contributed by atoms with Gasteiger partial charge in [0.2, 0.25) is 5.91 Å². The first-order valence-corrected chi connectivity index (χ1v) is 8.37. The molecule has 1 saturated heterocycles. The van der Waals surface area contributed by atoms with Gasteiger partial charge in [0.1, 0.15) is 0 Å². The van der Waals surface area contributed by atoms with Crippen LogP contribution in [0.5, 0.6) is 11.5 Å². The number of nitrogens with one attached hydrogen (secondary N) is 1. The monoisotopic (exact) mass is 305 g/mol. The fraction of sp³-hybridized carbons (Fsp3) is 0.611. The van der Waals surface area contributed by atoms with E-state index in [1.54, 1.807) is 7.11 Å². The Bertz CT molecular complexity index is 495. The Morgan fingerprint density at radius 1 is 1.14 bits per heavy atom. The van der Waals surface area contributed by atoms with Crippen molar-refractivity contribution >= 4 is 5.91 Å². The van der Waals surface area contributed by atoms with Gasteiger partial charge in [0.15, 0.2) is 11.5 Å². The van der Waals surface area contributed by atoms with Gasteiger partial charge in [-0.15, -0.1) is 0 Å². The normalized spacial score (nSPS) is 21.0. The number of benzene rings is 1. The summed E-state index contributed by atoms with van der Waals surface area (Å²) < 4.78 is 11.5. The molecule has 1 unspecified atom stereocenters. The summed E-state index contributed by atoms with van der Waals surface area (Å²) in [6.45, 7) is 4.72. The van der Waals surface area contributed by atoms with Crippen molar-refractivity contribution in [3.63, 3.8) is 0 Å². The van der Waals surface area contributed by atoms with Crippen LogP contribution in [-0.2, 0) is 4.79 Å². The SMILES string of the molecule is CC.COc1ccc(C2CNC(=O)C2)cc1OC1CCCC1. The number of methoxy groups -OCH3 is 1. The van der Waals surface area contributed by atoms with Crippen LogP contribution in [0, 0.1) is 0 Å². The summed E-state index contributed by atoms with van der Waals surface area (Å²) >= 11 is 0. The summed E-state index contributed by atoms with van der Waals surface area (Å²) in [5.74, 6) is 1.97. The van der Waals surface area contributed by atoms with Gasteiger partial charge in [-0.25, -0.2) is 0 Å². The van der Waals surface area contributed by atoms with Gasteiger partial charge in [-0.3, -0.25) is 4.79 Å². The van der Waals surface area contributed by atoms with Gasteiger partial charge in [-0.2, -0.15) is 0 Å². The Kier molecular flexibility index (Phi) is 6.10. The summed E-state index contributed by atoms with van der Waals surface area (Å²) in [5.41, 5.74) is 1.15. The van der Waals surface area contributed by atoms with Crippen molar-refractivity contribution in [2.75, 3.05) is 13.7 Å². The van der Waals surface area contributed by atoms with Crippen LogP contribution in [0.25, 0.3) is 0 Å². The number of carbonyl (C=O) groups is 1. The van der Waals surface area contributed by atoms with E-state index in [0.29, 0.717) is 19.1 Å². The molecule has 0 bridgehead atoms. The number of amides is 1. The Morgan fingerprint density at radius 3 is 2.45 bits per heavy atom. The molecular weight excluding hydrogens is 278 g/mol. The summed E-state index contributed by atoms with van der Waals surface area (Å²) in [6, 6.07) is 6.02. The van der Waals surface area contributed by atoms with E-state index in [0.717, 1.165) is 29.9 Å². The lowest BCUT2D eigenvalue weighted by molar-refractivity contribution is -0.119. The molecule has 1 heterocycles. The van der Waals surface area contributed by atoms with E-state index in [1.165, 1.54) is 12.8 Å². The molecule has 1 N–H and O–H groups in total. The van der Waals surface area contributed by atoms with Gasteiger partial charge in [-0.05, 0) is 43.4 Å². The predicted octanol–water partition coefficient (Wildman–Crippen LogP) is 3.65. The molecule has 0 aromatic heterocycles. The second-order valence-corrected chi connectivity index (χ2v) is 5.64. The molecule has 0 radical (unpaired) electrons. The third kappa shape index (κ3) is 3.93. The molecule has 122 valence electrons. The molecule has 1 aromatic carbocycles. The van der Waals surface area contributed by atoms with E-state index in [-0.39, 0.29) is 11.8 Å². The zero-order valence-electron chi connectivity index (χ0n) is 13.9. The molecule has 4 nitrogen and oxygen atoms in total. The van der Waals surface area contributed by atoms with E-state index < -0.39 is 0 Å². The van der Waals surface area contributed by atoms with Gasteiger partial charge >= 0.3 is 0 Å². The summed E-state index contributed by atoms with van der Waals surface area (Å²) in [6.07, 6.45) is 5.60. The van der Waals surface area contributed by atoms with E-state index in [2.05, 4.69) is 5.32 Å². The first-order valence-electron chi connectivity index (χ1n) is 8.37. The minimum atomic E-state index is 0.129.